The molecule has 1 fully saturated rings. The Morgan fingerprint density at radius 1 is 1.45 bits per heavy atom. The van der Waals surface area contributed by atoms with Crippen LogP contribution in [0, 0.1) is 5.92 Å². The van der Waals surface area contributed by atoms with Gasteiger partial charge in [-0.2, -0.15) is 0 Å². The van der Waals surface area contributed by atoms with Gasteiger partial charge < -0.3 is 9.64 Å². The molecule has 2 rings (SSSR count). The Morgan fingerprint density at radius 3 is 2.86 bits per heavy atom. The zero-order valence-electron chi connectivity index (χ0n) is 12.5. The minimum atomic E-state index is -0.186. The lowest BCUT2D eigenvalue weighted by molar-refractivity contribution is -0.141. The Labute approximate surface area is 135 Å². The summed E-state index contributed by atoms with van der Waals surface area (Å²) in [6.07, 6.45) is 3.27. The van der Waals surface area contributed by atoms with E-state index >= 15 is 0 Å². The summed E-state index contributed by atoms with van der Waals surface area (Å²) in [5.74, 6) is -0.330. The maximum absolute atomic E-state index is 12.4. The molecule has 0 spiro atoms. The zero-order chi connectivity index (χ0) is 15.9. The zero-order valence-corrected chi connectivity index (χ0v) is 13.2. The van der Waals surface area contributed by atoms with Crippen LogP contribution in [0.25, 0.3) is 0 Å². The van der Waals surface area contributed by atoms with Crippen molar-refractivity contribution in [3.8, 4) is 0 Å². The van der Waals surface area contributed by atoms with Crippen molar-refractivity contribution in [1.29, 1.82) is 0 Å². The summed E-state index contributed by atoms with van der Waals surface area (Å²) >= 11 is 6.15. The molecule has 0 aliphatic carbocycles. The van der Waals surface area contributed by atoms with Crippen LogP contribution in [0.2, 0.25) is 5.02 Å². The molecule has 0 bridgehead atoms. The third-order valence-electron chi connectivity index (χ3n) is 3.77. The molecule has 0 aromatic heterocycles. The molecule has 1 aliphatic rings. The van der Waals surface area contributed by atoms with E-state index in [1.165, 1.54) is 0 Å². The molecule has 1 amide bonds. The first-order valence-electron chi connectivity index (χ1n) is 7.40. The van der Waals surface area contributed by atoms with Crippen molar-refractivity contribution in [3.05, 3.63) is 47.5 Å². The molecule has 5 heteroatoms. The lowest BCUT2D eigenvalue weighted by Gasteiger charge is -2.22. The number of halogens is 1. The molecule has 1 aliphatic heterocycles. The Morgan fingerprint density at radius 2 is 2.23 bits per heavy atom. The van der Waals surface area contributed by atoms with Gasteiger partial charge in [0, 0.05) is 24.5 Å². The van der Waals surface area contributed by atoms with E-state index in [2.05, 4.69) is 6.58 Å². The molecule has 1 aromatic carbocycles. The van der Waals surface area contributed by atoms with Crippen molar-refractivity contribution < 1.29 is 14.3 Å². The van der Waals surface area contributed by atoms with Crippen molar-refractivity contribution in [2.24, 2.45) is 5.92 Å². The topological polar surface area (TPSA) is 46.6 Å². The first-order valence-corrected chi connectivity index (χ1v) is 7.78. The van der Waals surface area contributed by atoms with E-state index in [-0.39, 0.29) is 17.8 Å². The third-order valence-corrected chi connectivity index (χ3v) is 4.14. The molecular weight excluding hydrogens is 302 g/mol. The number of hydrogen-bond donors (Lipinski definition) is 0. The van der Waals surface area contributed by atoms with Crippen LogP contribution < -0.4 is 0 Å². The number of rotatable bonds is 7. The van der Waals surface area contributed by atoms with E-state index in [0.29, 0.717) is 44.0 Å². The predicted molar refractivity (Wildman–Crippen MR) is 85.4 cm³/mol. The predicted octanol–water partition coefficient (Wildman–Crippen LogP) is 3.20. The molecule has 1 atom stereocenters. The second-order valence-electron chi connectivity index (χ2n) is 5.35. The van der Waals surface area contributed by atoms with Gasteiger partial charge in [-0.05, 0) is 24.5 Å². The Hall–Kier alpha value is -1.81. The fraction of sp³-hybridized carbons (Fsp3) is 0.412. The molecule has 0 saturated carbocycles. The summed E-state index contributed by atoms with van der Waals surface area (Å²) in [5, 5.41) is 0.642. The number of nitrogens with zero attached hydrogens (tertiary/aromatic N) is 1. The lowest BCUT2D eigenvalue weighted by atomic mass is 10.0. The van der Waals surface area contributed by atoms with Gasteiger partial charge in [0.15, 0.2) is 0 Å². The van der Waals surface area contributed by atoms with Crippen LogP contribution in [0.5, 0.6) is 0 Å². The summed E-state index contributed by atoms with van der Waals surface area (Å²) in [4.78, 5) is 25.5. The van der Waals surface area contributed by atoms with E-state index < -0.39 is 0 Å². The number of benzene rings is 1. The minimum absolute atomic E-state index is 0.000445. The van der Waals surface area contributed by atoms with Gasteiger partial charge in [-0.3, -0.25) is 9.59 Å². The molecule has 0 radical (unpaired) electrons. The van der Waals surface area contributed by atoms with Gasteiger partial charge in [0.2, 0.25) is 5.91 Å². The normalized spacial score (nSPS) is 17.1. The number of carbonyl (C=O) groups excluding carboxylic acids is 2. The maximum atomic E-state index is 12.4. The fourth-order valence-electron chi connectivity index (χ4n) is 2.50. The van der Waals surface area contributed by atoms with Crippen LogP contribution >= 0.6 is 11.6 Å². The third kappa shape index (κ3) is 4.34. The number of hydrogen-bond acceptors (Lipinski definition) is 3. The van der Waals surface area contributed by atoms with E-state index in [9.17, 15) is 9.59 Å². The standard InChI is InChI=1S/C17H20ClNO3/c1-2-10-19(12-14-5-3-4-6-15(14)18)16(20)8-7-13-9-11-22-17(13)21/h2-6,13H,1,7-12H2. The lowest BCUT2D eigenvalue weighted by Crippen LogP contribution is -2.31. The molecule has 1 unspecified atom stereocenters. The van der Waals surface area contributed by atoms with Crippen molar-refractivity contribution in [2.75, 3.05) is 13.2 Å². The summed E-state index contributed by atoms with van der Waals surface area (Å²) in [5.41, 5.74) is 0.902. The van der Waals surface area contributed by atoms with Crippen molar-refractivity contribution >= 4 is 23.5 Å². The smallest absolute Gasteiger partial charge is 0.309 e. The highest BCUT2D eigenvalue weighted by molar-refractivity contribution is 6.31. The number of carbonyl (C=O) groups is 2. The van der Waals surface area contributed by atoms with Gasteiger partial charge in [-0.1, -0.05) is 35.9 Å². The van der Waals surface area contributed by atoms with E-state index in [4.69, 9.17) is 16.3 Å². The molecule has 22 heavy (non-hydrogen) atoms. The highest BCUT2D eigenvalue weighted by Crippen LogP contribution is 2.21. The average molecular weight is 322 g/mol. The average Bonchev–Trinajstić information content (AvgIpc) is 2.92. The molecule has 118 valence electrons. The Balaban J connectivity index is 1.94. The van der Waals surface area contributed by atoms with Crippen LogP contribution in [0.1, 0.15) is 24.8 Å². The molecule has 0 N–H and O–H groups in total. The number of esters is 1. The number of ether oxygens (including phenoxy) is 1. The highest BCUT2D eigenvalue weighted by atomic mass is 35.5. The second-order valence-corrected chi connectivity index (χ2v) is 5.75. The van der Waals surface area contributed by atoms with Gasteiger partial charge in [-0.15, -0.1) is 6.58 Å². The minimum Gasteiger partial charge on any atom is -0.465 e. The molecule has 1 heterocycles. The SMILES string of the molecule is C=CCN(Cc1ccccc1Cl)C(=O)CCC1CCOC1=O. The Bertz CT molecular complexity index is 559. The monoisotopic (exact) mass is 321 g/mol. The van der Waals surface area contributed by atoms with Gasteiger partial charge in [0.25, 0.3) is 0 Å². The van der Waals surface area contributed by atoms with Crippen LogP contribution in [0.15, 0.2) is 36.9 Å². The van der Waals surface area contributed by atoms with Gasteiger partial charge >= 0.3 is 5.97 Å². The fourth-order valence-corrected chi connectivity index (χ4v) is 2.69. The largest absolute Gasteiger partial charge is 0.465 e. The van der Waals surface area contributed by atoms with Crippen molar-refractivity contribution in [2.45, 2.75) is 25.8 Å². The van der Waals surface area contributed by atoms with E-state index in [1.54, 1.807) is 11.0 Å². The molecular formula is C17H20ClNO3. The first kappa shape index (κ1) is 16.6. The molecule has 1 aromatic rings. The number of amides is 1. The van der Waals surface area contributed by atoms with Crippen LogP contribution in [0.3, 0.4) is 0 Å². The van der Waals surface area contributed by atoms with E-state index in [1.807, 2.05) is 24.3 Å². The van der Waals surface area contributed by atoms with Gasteiger partial charge in [0.05, 0.1) is 12.5 Å². The Kier molecular flexibility index (Phi) is 6.01. The van der Waals surface area contributed by atoms with Crippen LogP contribution in [0.4, 0.5) is 0 Å². The molecule has 4 nitrogen and oxygen atoms in total. The van der Waals surface area contributed by atoms with Crippen LogP contribution in [-0.2, 0) is 20.9 Å². The summed E-state index contributed by atoms with van der Waals surface area (Å²) in [6.45, 7) is 5.06. The summed E-state index contributed by atoms with van der Waals surface area (Å²) in [6, 6.07) is 7.46. The quantitative estimate of drug-likeness (QED) is 0.572. The van der Waals surface area contributed by atoms with Gasteiger partial charge in [0.1, 0.15) is 0 Å². The van der Waals surface area contributed by atoms with Crippen molar-refractivity contribution in [3.63, 3.8) is 0 Å². The van der Waals surface area contributed by atoms with Gasteiger partial charge in [-0.25, -0.2) is 0 Å². The molecule has 1 saturated heterocycles. The van der Waals surface area contributed by atoms with Crippen LogP contribution in [-0.4, -0.2) is 29.9 Å². The van der Waals surface area contributed by atoms with E-state index in [0.717, 1.165) is 5.56 Å². The number of cyclic esters (lactones) is 1. The maximum Gasteiger partial charge on any atom is 0.309 e. The summed E-state index contributed by atoms with van der Waals surface area (Å²) < 4.78 is 4.92. The summed E-state index contributed by atoms with van der Waals surface area (Å²) in [7, 11) is 0. The second kappa shape index (κ2) is 7.99. The van der Waals surface area contributed by atoms with Crippen molar-refractivity contribution in [1.82, 2.24) is 4.90 Å². The highest BCUT2D eigenvalue weighted by Gasteiger charge is 2.27. The first-order chi connectivity index (χ1) is 10.6.